The van der Waals surface area contributed by atoms with Gasteiger partial charge in [0, 0.05) is 17.1 Å². The number of hydrogen-bond acceptors (Lipinski definition) is 3. The van der Waals surface area contributed by atoms with Crippen LogP contribution in [-0.2, 0) is 6.42 Å². The van der Waals surface area contributed by atoms with E-state index in [9.17, 15) is 5.11 Å². The molecule has 1 aromatic heterocycles. The molecule has 0 radical (unpaired) electrons. The Morgan fingerprint density at radius 3 is 3.05 bits per heavy atom. The summed E-state index contributed by atoms with van der Waals surface area (Å²) in [7, 11) is 0. The third kappa shape index (κ3) is 2.61. The molecule has 0 amide bonds. The van der Waals surface area contributed by atoms with Crippen LogP contribution in [0.2, 0.25) is 0 Å². The first-order chi connectivity index (χ1) is 9.25. The van der Waals surface area contributed by atoms with Crippen LogP contribution >= 0.6 is 15.9 Å². The summed E-state index contributed by atoms with van der Waals surface area (Å²) in [5, 5.41) is 13.4. The topological polar surface area (TPSA) is 45.4 Å². The van der Waals surface area contributed by atoms with Gasteiger partial charge < -0.3 is 14.8 Å². The average Bonchev–Trinajstić information content (AvgIpc) is 3.06. The molecular weight excluding hydrogens is 306 g/mol. The fourth-order valence-electron chi connectivity index (χ4n) is 2.66. The lowest BCUT2D eigenvalue weighted by Gasteiger charge is -2.16. The van der Waals surface area contributed by atoms with Gasteiger partial charge in [0.15, 0.2) is 0 Å². The Bertz CT molecular complexity index is 553. The molecule has 0 saturated carbocycles. The van der Waals surface area contributed by atoms with Crippen molar-refractivity contribution in [2.45, 2.75) is 25.0 Å². The third-order valence-electron chi connectivity index (χ3n) is 3.64. The molecule has 1 aliphatic rings. The lowest BCUT2D eigenvalue weighted by molar-refractivity contribution is 0.143. The fourth-order valence-corrected chi connectivity index (χ4v) is 3.24. The van der Waals surface area contributed by atoms with E-state index < -0.39 is 6.10 Å². The third-order valence-corrected chi connectivity index (χ3v) is 4.39. The van der Waals surface area contributed by atoms with E-state index >= 15 is 0 Å². The van der Waals surface area contributed by atoms with Crippen LogP contribution in [0.1, 0.15) is 35.5 Å². The quantitative estimate of drug-likeness (QED) is 0.907. The number of aliphatic hydroxyl groups is 1. The number of nitrogens with one attached hydrogen (secondary N) is 1. The monoisotopic (exact) mass is 321 g/mol. The minimum absolute atomic E-state index is 0.317. The van der Waals surface area contributed by atoms with Crippen LogP contribution in [0.5, 0.6) is 0 Å². The Kier molecular flexibility index (Phi) is 3.73. The van der Waals surface area contributed by atoms with Crippen LogP contribution in [0.3, 0.4) is 0 Å². The van der Waals surface area contributed by atoms with Gasteiger partial charge in [0.05, 0.1) is 6.26 Å². The Balaban J connectivity index is 1.66. The second kappa shape index (κ2) is 5.49. The predicted molar refractivity (Wildman–Crippen MR) is 76.9 cm³/mol. The standard InChI is InChI=1S/C15H16BrNO2/c16-12-4-1-3-11-10(12)6-7-13(11)17-9-14(18)15-5-2-8-19-15/h1-5,8,13-14,17-18H,6-7,9H2/t13-,14-/m1/s1. The molecule has 2 aromatic rings. The maximum atomic E-state index is 10.0. The van der Waals surface area contributed by atoms with Crippen LogP contribution in [-0.4, -0.2) is 11.7 Å². The zero-order valence-corrected chi connectivity index (χ0v) is 12.1. The first kappa shape index (κ1) is 12.9. The maximum absolute atomic E-state index is 10.0. The van der Waals surface area contributed by atoms with Crippen LogP contribution in [0.15, 0.2) is 45.5 Å². The van der Waals surface area contributed by atoms with Gasteiger partial charge in [-0.3, -0.25) is 0 Å². The number of halogens is 1. The van der Waals surface area contributed by atoms with Crippen molar-refractivity contribution in [1.29, 1.82) is 0 Å². The molecular formula is C15H16BrNO2. The van der Waals surface area contributed by atoms with Gasteiger partial charge in [0.1, 0.15) is 11.9 Å². The number of hydrogen-bond donors (Lipinski definition) is 2. The molecule has 1 aromatic carbocycles. The van der Waals surface area contributed by atoms with Gasteiger partial charge in [-0.05, 0) is 42.2 Å². The molecule has 0 unspecified atom stereocenters. The Hall–Kier alpha value is -1.10. The lowest BCUT2D eigenvalue weighted by atomic mass is 10.1. The van der Waals surface area contributed by atoms with Crippen LogP contribution < -0.4 is 5.32 Å². The molecule has 1 aliphatic carbocycles. The summed E-state index contributed by atoms with van der Waals surface area (Å²) in [6, 6.07) is 10.2. The summed E-state index contributed by atoms with van der Waals surface area (Å²) in [6.45, 7) is 0.504. The zero-order valence-electron chi connectivity index (χ0n) is 10.5. The van der Waals surface area contributed by atoms with E-state index in [0.717, 1.165) is 12.8 Å². The molecule has 19 heavy (non-hydrogen) atoms. The smallest absolute Gasteiger partial charge is 0.133 e. The molecule has 3 rings (SSSR count). The number of aliphatic hydroxyl groups excluding tert-OH is 1. The van der Waals surface area contributed by atoms with Gasteiger partial charge in [-0.25, -0.2) is 0 Å². The SMILES string of the molecule is O[C@H](CN[C@@H]1CCc2c(Br)cccc21)c1ccco1. The molecule has 2 atom stereocenters. The van der Waals surface area contributed by atoms with Crippen molar-refractivity contribution in [2.24, 2.45) is 0 Å². The van der Waals surface area contributed by atoms with Crippen LogP contribution in [0.25, 0.3) is 0 Å². The number of benzene rings is 1. The summed E-state index contributed by atoms with van der Waals surface area (Å²) in [5.41, 5.74) is 2.72. The van der Waals surface area contributed by atoms with E-state index in [4.69, 9.17) is 4.42 Å². The minimum atomic E-state index is -0.591. The predicted octanol–water partition coefficient (Wildman–Crippen LogP) is 3.35. The zero-order chi connectivity index (χ0) is 13.2. The molecule has 0 saturated heterocycles. The van der Waals surface area contributed by atoms with Crippen molar-refractivity contribution in [3.8, 4) is 0 Å². The lowest BCUT2D eigenvalue weighted by Crippen LogP contribution is -2.24. The highest BCUT2D eigenvalue weighted by molar-refractivity contribution is 9.10. The summed E-state index contributed by atoms with van der Waals surface area (Å²) in [5.74, 6) is 0.611. The van der Waals surface area contributed by atoms with Crippen molar-refractivity contribution >= 4 is 15.9 Å². The van der Waals surface area contributed by atoms with E-state index in [1.165, 1.54) is 15.6 Å². The minimum Gasteiger partial charge on any atom is -0.467 e. The van der Waals surface area contributed by atoms with Gasteiger partial charge >= 0.3 is 0 Å². The van der Waals surface area contributed by atoms with Gasteiger partial charge in [0.25, 0.3) is 0 Å². The summed E-state index contributed by atoms with van der Waals surface area (Å²) >= 11 is 3.59. The fraction of sp³-hybridized carbons (Fsp3) is 0.333. The van der Waals surface area contributed by atoms with Gasteiger partial charge in [0.2, 0.25) is 0 Å². The molecule has 1 heterocycles. The van der Waals surface area contributed by atoms with Crippen molar-refractivity contribution in [1.82, 2.24) is 5.32 Å². The molecule has 2 N–H and O–H groups in total. The van der Waals surface area contributed by atoms with Gasteiger partial charge in [-0.15, -0.1) is 0 Å². The Morgan fingerprint density at radius 1 is 1.37 bits per heavy atom. The highest BCUT2D eigenvalue weighted by Gasteiger charge is 2.24. The van der Waals surface area contributed by atoms with Crippen molar-refractivity contribution in [2.75, 3.05) is 6.54 Å². The van der Waals surface area contributed by atoms with Crippen molar-refractivity contribution in [3.05, 3.63) is 58.0 Å². The number of rotatable bonds is 4. The summed E-state index contributed by atoms with van der Waals surface area (Å²) < 4.78 is 6.38. The molecule has 0 fully saturated rings. The molecule has 0 bridgehead atoms. The summed E-state index contributed by atoms with van der Waals surface area (Å²) in [6.07, 6.45) is 3.14. The van der Waals surface area contributed by atoms with E-state index in [2.05, 4.69) is 39.4 Å². The van der Waals surface area contributed by atoms with Crippen LogP contribution in [0.4, 0.5) is 0 Å². The summed E-state index contributed by atoms with van der Waals surface area (Å²) in [4.78, 5) is 0. The molecule has 3 nitrogen and oxygen atoms in total. The second-order valence-corrected chi connectivity index (χ2v) is 5.69. The van der Waals surface area contributed by atoms with Crippen molar-refractivity contribution in [3.63, 3.8) is 0 Å². The van der Waals surface area contributed by atoms with Crippen molar-refractivity contribution < 1.29 is 9.52 Å². The molecule has 4 heteroatoms. The highest BCUT2D eigenvalue weighted by atomic mass is 79.9. The molecule has 0 aliphatic heterocycles. The normalized spacial score (nSPS) is 19.4. The first-order valence-electron chi connectivity index (χ1n) is 6.48. The maximum Gasteiger partial charge on any atom is 0.133 e. The van der Waals surface area contributed by atoms with Gasteiger partial charge in [-0.2, -0.15) is 0 Å². The first-order valence-corrected chi connectivity index (χ1v) is 7.27. The van der Waals surface area contributed by atoms with E-state index in [-0.39, 0.29) is 0 Å². The Morgan fingerprint density at radius 2 is 2.26 bits per heavy atom. The number of furan rings is 1. The van der Waals surface area contributed by atoms with Gasteiger partial charge in [-0.1, -0.05) is 28.1 Å². The number of fused-ring (bicyclic) bond motifs is 1. The molecule has 100 valence electrons. The average molecular weight is 322 g/mol. The van der Waals surface area contributed by atoms with E-state index in [0.29, 0.717) is 18.3 Å². The van der Waals surface area contributed by atoms with E-state index in [1.54, 1.807) is 18.4 Å². The van der Waals surface area contributed by atoms with Crippen LogP contribution in [0, 0.1) is 0 Å². The highest BCUT2D eigenvalue weighted by Crippen LogP contribution is 2.35. The Labute approximate surface area is 120 Å². The van der Waals surface area contributed by atoms with E-state index in [1.807, 2.05) is 0 Å². The molecule has 0 spiro atoms. The second-order valence-electron chi connectivity index (χ2n) is 4.84. The largest absolute Gasteiger partial charge is 0.467 e.